The Morgan fingerprint density at radius 1 is 1.22 bits per heavy atom. The first kappa shape index (κ1) is 12.2. The molecule has 0 amide bonds. The summed E-state index contributed by atoms with van der Waals surface area (Å²) >= 11 is 0. The van der Waals surface area contributed by atoms with Crippen molar-refractivity contribution in [2.45, 2.75) is 6.92 Å². The molecule has 0 saturated carbocycles. The van der Waals surface area contributed by atoms with Crippen molar-refractivity contribution < 1.29 is 13.9 Å². The monoisotopic (exact) mass is 245 g/mol. The highest BCUT2D eigenvalue weighted by Crippen LogP contribution is 2.25. The topological polar surface area (TPSA) is 39.2 Å². The molecule has 2 rings (SSSR count). The number of hydrogen-bond acceptors (Lipinski definition) is 3. The van der Waals surface area contributed by atoms with Crippen LogP contribution in [0.2, 0.25) is 0 Å². The molecule has 18 heavy (non-hydrogen) atoms. The molecule has 0 atom stereocenters. The maximum atomic E-state index is 13.1. The van der Waals surface area contributed by atoms with E-state index in [2.05, 4.69) is 4.98 Å². The van der Waals surface area contributed by atoms with Gasteiger partial charge in [-0.05, 0) is 36.8 Å². The Labute approximate surface area is 104 Å². The van der Waals surface area contributed by atoms with E-state index in [9.17, 15) is 9.18 Å². The second-order valence-corrected chi connectivity index (χ2v) is 3.73. The van der Waals surface area contributed by atoms with E-state index in [1.807, 2.05) is 6.92 Å². The van der Waals surface area contributed by atoms with Gasteiger partial charge in [0.05, 0.1) is 12.8 Å². The van der Waals surface area contributed by atoms with Crippen LogP contribution in [0.3, 0.4) is 0 Å². The first-order valence-corrected chi connectivity index (χ1v) is 5.57. The quantitative estimate of drug-likeness (QED) is 0.777. The molecule has 92 valence electrons. The molecule has 1 aromatic heterocycles. The number of halogens is 1. The summed E-state index contributed by atoms with van der Waals surface area (Å²) in [6, 6.07) is 6.44. The standard InChI is InChI=1S/C14H12FNO2/c1-2-18-14-4-10(9-17)3-11(6-14)12-5-13(15)8-16-7-12/h3-9H,2H2,1H3. The summed E-state index contributed by atoms with van der Waals surface area (Å²) in [4.78, 5) is 14.7. The Kier molecular flexibility index (Phi) is 3.67. The zero-order chi connectivity index (χ0) is 13.0. The van der Waals surface area contributed by atoms with Gasteiger partial charge in [-0.25, -0.2) is 4.39 Å². The fraction of sp³-hybridized carbons (Fsp3) is 0.143. The minimum absolute atomic E-state index is 0.415. The molecule has 1 aromatic carbocycles. The molecule has 0 aliphatic carbocycles. The molecule has 0 aliphatic heterocycles. The van der Waals surface area contributed by atoms with Gasteiger partial charge < -0.3 is 4.74 Å². The normalized spacial score (nSPS) is 10.1. The third kappa shape index (κ3) is 2.71. The number of carbonyl (C=O) groups excluding carboxylic acids is 1. The van der Waals surface area contributed by atoms with Gasteiger partial charge in [0.2, 0.25) is 0 Å². The Bertz CT molecular complexity index is 569. The highest BCUT2D eigenvalue weighted by molar-refractivity contribution is 5.80. The lowest BCUT2D eigenvalue weighted by molar-refractivity contribution is 0.112. The van der Waals surface area contributed by atoms with E-state index in [0.717, 1.165) is 12.5 Å². The second kappa shape index (κ2) is 5.40. The Hall–Kier alpha value is -2.23. The number of pyridine rings is 1. The van der Waals surface area contributed by atoms with Gasteiger partial charge in [0.1, 0.15) is 17.9 Å². The van der Waals surface area contributed by atoms with Crippen molar-refractivity contribution in [2.75, 3.05) is 6.61 Å². The van der Waals surface area contributed by atoms with Crippen LogP contribution in [0.5, 0.6) is 5.75 Å². The van der Waals surface area contributed by atoms with Gasteiger partial charge in [-0.3, -0.25) is 9.78 Å². The van der Waals surface area contributed by atoms with Crippen LogP contribution in [0.4, 0.5) is 4.39 Å². The van der Waals surface area contributed by atoms with E-state index < -0.39 is 5.82 Å². The number of carbonyl (C=O) groups is 1. The van der Waals surface area contributed by atoms with Crippen LogP contribution < -0.4 is 4.74 Å². The molecule has 0 aliphatic rings. The van der Waals surface area contributed by atoms with Gasteiger partial charge in [-0.2, -0.15) is 0 Å². The number of rotatable bonds is 4. The molecule has 0 spiro atoms. The molecule has 4 heteroatoms. The average Bonchev–Trinajstić information content (AvgIpc) is 2.39. The molecule has 0 radical (unpaired) electrons. The number of hydrogen-bond donors (Lipinski definition) is 0. The van der Waals surface area contributed by atoms with Gasteiger partial charge in [-0.15, -0.1) is 0 Å². The lowest BCUT2D eigenvalue weighted by Crippen LogP contribution is -1.94. The van der Waals surface area contributed by atoms with E-state index in [1.165, 1.54) is 6.07 Å². The maximum Gasteiger partial charge on any atom is 0.150 e. The van der Waals surface area contributed by atoms with Crippen molar-refractivity contribution in [2.24, 2.45) is 0 Å². The summed E-state index contributed by atoms with van der Waals surface area (Å²) in [5, 5.41) is 0. The SMILES string of the molecule is CCOc1cc(C=O)cc(-c2cncc(F)c2)c1. The van der Waals surface area contributed by atoms with E-state index in [0.29, 0.717) is 29.0 Å². The highest BCUT2D eigenvalue weighted by Gasteiger charge is 2.05. The lowest BCUT2D eigenvalue weighted by atomic mass is 10.0. The molecular formula is C14H12FNO2. The van der Waals surface area contributed by atoms with Gasteiger partial charge in [0, 0.05) is 17.3 Å². The fourth-order valence-corrected chi connectivity index (χ4v) is 1.68. The minimum atomic E-state index is -0.415. The van der Waals surface area contributed by atoms with Gasteiger partial charge in [0.25, 0.3) is 0 Å². The van der Waals surface area contributed by atoms with Crippen LogP contribution in [-0.2, 0) is 0 Å². The molecule has 2 aromatic rings. The summed E-state index contributed by atoms with van der Waals surface area (Å²) in [7, 11) is 0. The van der Waals surface area contributed by atoms with Crippen molar-refractivity contribution in [3.05, 3.63) is 48.0 Å². The number of aromatic nitrogens is 1. The zero-order valence-corrected chi connectivity index (χ0v) is 9.89. The fourth-order valence-electron chi connectivity index (χ4n) is 1.68. The smallest absolute Gasteiger partial charge is 0.150 e. The van der Waals surface area contributed by atoms with Crippen LogP contribution in [0.25, 0.3) is 11.1 Å². The Morgan fingerprint density at radius 3 is 2.72 bits per heavy atom. The summed E-state index contributed by atoms with van der Waals surface area (Å²) in [5.74, 6) is 0.170. The second-order valence-electron chi connectivity index (χ2n) is 3.73. The largest absolute Gasteiger partial charge is 0.494 e. The molecule has 0 fully saturated rings. The molecular weight excluding hydrogens is 233 g/mol. The number of aldehydes is 1. The van der Waals surface area contributed by atoms with E-state index in [-0.39, 0.29) is 0 Å². The van der Waals surface area contributed by atoms with E-state index >= 15 is 0 Å². The molecule has 0 unspecified atom stereocenters. The van der Waals surface area contributed by atoms with Crippen LogP contribution in [-0.4, -0.2) is 17.9 Å². The van der Waals surface area contributed by atoms with Gasteiger partial charge >= 0.3 is 0 Å². The number of nitrogens with zero attached hydrogens (tertiary/aromatic N) is 1. The summed E-state index contributed by atoms with van der Waals surface area (Å²) < 4.78 is 18.5. The average molecular weight is 245 g/mol. The van der Waals surface area contributed by atoms with Crippen molar-refractivity contribution in [1.82, 2.24) is 4.98 Å². The summed E-state index contributed by atoms with van der Waals surface area (Å²) in [5.41, 5.74) is 1.80. The van der Waals surface area contributed by atoms with Crippen molar-refractivity contribution in [3.63, 3.8) is 0 Å². The van der Waals surface area contributed by atoms with E-state index in [1.54, 1.807) is 24.4 Å². The first-order chi connectivity index (χ1) is 8.72. The van der Waals surface area contributed by atoms with Crippen LogP contribution in [0.1, 0.15) is 17.3 Å². The van der Waals surface area contributed by atoms with Gasteiger partial charge in [-0.1, -0.05) is 0 Å². The third-order valence-corrected chi connectivity index (χ3v) is 2.41. The summed E-state index contributed by atoms with van der Waals surface area (Å²) in [6.45, 7) is 2.36. The van der Waals surface area contributed by atoms with Crippen LogP contribution in [0.15, 0.2) is 36.7 Å². The molecule has 1 heterocycles. The van der Waals surface area contributed by atoms with E-state index in [4.69, 9.17) is 4.74 Å². The molecule has 0 saturated heterocycles. The Morgan fingerprint density at radius 2 is 2.06 bits per heavy atom. The number of ether oxygens (including phenoxy) is 1. The number of benzene rings is 1. The lowest BCUT2D eigenvalue weighted by Gasteiger charge is -2.07. The Balaban J connectivity index is 2.49. The minimum Gasteiger partial charge on any atom is -0.494 e. The van der Waals surface area contributed by atoms with Crippen molar-refractivity contribution in [3.8, 4) is 16.9 Å². The maximum absolute atomic E-state index is 13.1. The predicted molar refractivity (Wildman–Crippen MR) is 66.2 cm³/mol. The van der Waals surface area contributed by atoms with Crippen molar-refractivity contribution >= 4 is 6.29 Å². The third-order valence-electron chi connectivity index (χ3n) is 2.41. The molecule has 0 N–H and O–H groups in total. The zero-order valence-electron chi connectivity index (χ0n) is 9.89. The van der Waals surface area contributed by atoms with Crippen molar-refractivity contribution in [1.29, 1.82) is 0 Å². The van der Waals surface area contributed by atoms with Crippen LogP contribution >= 0.6 is 0 Å². The van der Waals surface area contributed by atoms with Crippen LogP contribution in [0, 0.1) is 5.82 Å². The van der Waals surface area contributed by atoms with Gasteiger partial charge in [0.15, 0.2) is 0 Å². The highest BCUT2D eigenvalue weighted by atomic mass is 19.1. The summed E-state index contributed by atoms with van der Waals surface area (Å²) in [6.07, 6.45) is 3.41. The molecule has 3 nitrogen and oxygen atoms in total. The first-order valence-electron chi connectivity index (χ1n) is 5.57. The molecule has 0 bridgehead atoms. The predicted octanol–water partition coefficient (Wildman–Crippen LogP) is 3.10.